The molecule has 1 aromatic rings. The predicted molar refractivity (Wildman–Crippen MR) is 69.0 cm³/mol. The molecule has 2 rings (SSSR count). The number of rotatable bonds is 3. The van der Waals surface area contributed by atoms with E-state index in [1.807, 2.05) is 24.3 Å². The van der Waals surface area contributed by atoms with Crippen molar-refractivity contribution in [2.45, 2.75) is 44.8 Å². The molecule has 1 N–H and O–H groups in total. The van der Waals surface area contributed by atoms with Crippen LogP contribution in [0.3, 0.4) is 0 Å². The summed E-state index contributed by atoms with van der Waals surface area (Å²) in [5, 5.41) is 18.2. The van der Waals surface area contributed by atoms with Gasteiger partial charge in [-0.25, -0.2) is 0 Å². The van der Waals surface area contributed by atoms with Gasteiger partial charge in [0.25, 0.3) is 0 Å². The summed E-state index contributed by atoms with van der Waals surface area (Å²) in [6.45, 7) is 0.0462. The third-order valence-corrected chi connectivity index (χ3v) is 3.51. The lowest BCUT2D eigenvalue weighted by Gasteiger charge is -2.21. The third kappa shape index (κ3) is 3.24. The van der Waals surface area contributed by atoms with Crippen molar-refractivity contribution in [2.24, 2.45) is 5.92 Å². The Bertz CT molecular complexity index is 407. The van der Waals surface area contributed by atoms with E-state index in [0.29, 0.717) is 0 Å². The predicted octanol–water partition coefficient (Wildman–Crippen LogP) is 3.03. The minimum absolute atomic E-state index is 0.00465. The molecule has 3 nitrogen and oxygen atoms in total. The van der Waals surface area contributed by atoms with Gasteiger partial charge in [0.15, 0.2) is 0 Å². The molecule has 1 fully saturated rings. The Kier molecular flexibility index (Phi) is 4.60. The maximum atomic E-state index is 9.18. The number of nitriles is 1. The van der Waals surface area contributed by atoms with Gasteiger partial charge in [0.2, 0.25) is 0 Å². The summed E-state index contributed by atoms with van der Waals surface area (Å²) in [4.78, 5) is 0. The SMILES string of the molecule is N#CC1CCCCCC1Oc1ccc(CO)cc1. The fourth-order valence-electron chi connectivity index (χ4n) is 2.41. The molecule has 1 aromatic carbocycles. The van der Waals surface area contributed by atoms with Crippen LogP contribution >= 0.6 is 0 Å². The molecule has 0 bridgehead atoms. The molecule has 2 unspecified atom stereocenters. The first-order valence-corrected chi connectivity index (χ1v) is 6.59. The zero-order chi connectivity index (χ0) is 12.8. The minimum atomic E-state index is 0.00465. The second-order valence-electron chi connectivity index (χ2n) is 4.83. The molecule has 0 heterocycles. The number of ether oxygens (including phenoxy) is 1. The fourth-order valence-corrected chi connectivity index (χ4v) is 2.41. The van der Waals surface area contributed by atoms with E-state index in [-0.39, 0.29) is 18.6 Å². The fraction of sp³-hybridized carbons (Fsp3) is 0.533. The normalized spacial score (nSPS) is 24.0. The Morgan fingerprint density at radius 3 is 2.56 bits per heavy atom. The van der Waals surface area contributed by atoms with E-state index >= 15 is 0 Å². The largest absolute Gasteiger partial charge is 0.489 e. The van der Waals surface area contributed by atoms with E-state index < -0.39 is 0 Å². The smallest absolute Gasteiger partial charge is 0.119 e. The molecule has 96 valence electrons. The van der Waals surface area contributed by atoms with Crippen LogP contribution in [0.5, 0.6) is 5.75 Å². The van der Waals surface area contributed by atoms with Crippen LogP contribution in [0.2, 0.25) is 0 Å². The van der Waals surface area contributed by atoms with E-state index in [4.69, 9.17) is 9.84 Å². The zero-order valence-corrected chi connectivity index (χ0v) is 10.5. The number of hydrogen-bond donors (Lipinski definition) is 1. The van der Waals surface area contributed by atoms with Crippen molar-refractivity contribution in [1.82, 2.24) is 0 Å². The number of aliphatic hydroxyl groups excluding tert-OH is 1. The highest BCUT2D eigenvalue weighted by molar-refractivity contribution is 5.27. The van der Waals surface area contributed by atoms with Crippen LogP contribution in [0.1, 0.15) is 37.7 Å². The molecule has 1 aliphatic carbocycles. The molecule has 3 heteroatoms. The Morgan fingerprint density at radius 1 is 1.17 bits per heavy atom. The van der Waals surface area contributed by atoms with Crippen molar-refractivity contribution in [3.63, 3.8) is 0 Å². The maximum absolute atomic E-state index is 9.18. The minimum Gasteiger partial charge on any atom is -0.489 e. The molecule has 0 saturated heterocycles. The highest BCUT2D eigenvalue weighted by Crippen LogP contribution is 2.27. The lowest BCUT2D eigenvalue weighted by molar-refractivity contribution is 0.152. The van der Waals surface area contributed by atoms with Gasteiger partial charge in [-0.05, 0) is 37.0 Å². The molecular formula is C15H19NO2. The van der Waals surface area contributed by atoms with E-state index in [0.717, 1.165) is 37.0 Å². The highest BCUT2D eigenvalue weighted by Gasteiger charge is 2.25. The molecule has 18 heavy (non-hydrogen) atoms. The second kappa shape index (κ2) is 6.42. The van der Waals surface area contributed by atoms with Crippen molar-refractivity contribution < 1.29 is 9.84 Å². The van der Waals surface area contributed by atoms with Gasteiger partial charge in [-0.3, -0.25) is 0 Å². The zero-order valence-electron chi connectivity index (χ0n) is 10.5. The maximum Gasteiger partial charge on any atom is 0.119 e. The first-order chi connectivity index (χ1) is 8.83. The van der Waals surface area contributed by atoms with Crippen LogP contribution in [0.4, 0.5) is 0 Å². The Hall–Kier alpha value is -1.53. The van der Waals surface area contributed by atoms with Gasteiger partial charge in [0.1, 0.15) is 11.9 Å². The molecule has 0 radical (unpaired) electrons. The molecule has 0 spiro atoms. The van der Waals surface area contributed by atoms with Gasteiger partial charge < -0.3 is 9.84 Å². The van der Waals surface area contributed by atoms with E-state index in [1.54, 1.807) is 0 Å². The first-order valence-electron chi connectivity index (χ1n) is 6.59. The summed E-state index contributed by atoms with van der Waals surface area (Å²) in [6.07, 6.45) is 5.37. The lowest BCUT2D eigenvalue weighted by atomic mass is 9.99. The number of hydrogen-bond acceptors (Lipinski definition) is 3. The molecule has 2 atom stereocenters. The summed E-state index contributed by atoms with van der Waals surface area (Å²) in [5.74, 6) is 0.796. The van der Waals surface area contributed by atoms with Gasteiger partial charge in [0, 0.05) is 0 Å². The average molecular weight is 245 g/mol. The number of nitrogens with zero attached hydrogens (tertiary/aromatic N) is 1. The van der Waals surface area contributed by atoms with E-state index in [1.165, 1.54) is 6.42 Å². The molecule has 1 aliphatic rings. The van der Waals surface area contributed by atoms with Crippen molar-refractivity contribution in [2.75, 3.05) is 0 Å². The van der Waals surface area contributed by atoms with Gasteiger partial charge in [-0.2, -0.15) is 5.26 Å². The summed E-state index contributed by atoms with van der Waals surface area (Å²) in [5.41, 5.74) is 0.875. The van der Waals surface area contributed by atoms with Crippen LogP contribution in [-0.2, 0) is 6.61 Å². The Morgan fingerprint density at radius 2 is 1.89 bits per heavy atom. The third-order valence-electron chi connectivity index (χ3n) is 3.51. The molecule has 1 saturated carbocycles. The standard InChI is InChI=1S/C15H19NO2/c16-10-13-4-2-1-3-5-15(13)18-14-8-6-12(11-17)7-9-14/h6-9,13,15,17H,1-5,11H2. The van der Waals surface area contributed by atoms with E-state index in [2.05, 4.69) is 6.07 Å². The summed E-state index contributed by atoms with van der Waals surface area (Å²) < 4.78 is 5.93. The Balaban J connectivity index is 2.03. The van der Waals surface area contributed by atoms with Crippen LogP contribution in [0.25, 0.3) is 0 Å². The van der Waals surface area contributed by atoms with E-state index in [9.17, 15) is 5.26 Å². The molecule has 0 aromatic heterocycles. The quantitative estimate of drug-likeness (QED) is 0.833. The average Bonchev–Trinajstić information content (AvgIpc) is 2.64. The van der Waals surface area contributed by atoms with Crippen molar-refractivity contribution in [3.8, 4) is 11.8 Å². The highest BCUT2D eigenvalue weighted by atomic mass is 16.5. The van der Waals surface area contributed by atoms with Gasteiger partial charge in [0.05, 0.1) is 18.6 Å². The van der Waals surface area contributed by atoms with Crippen molar-refractivity contribution in [1.29, 1.82) is 5.26 Å². The monoisotopic (exact) mass is 245 g/mol. The summed E-state index contributed by atoms with van der Waals surface area (Å²) in [6, 6.07) is 9.81. The van der Waals surface area contributed by atoms with Crippen molar-refractivity contribution >= 4 is 0 Å². The van der Waals surface area contributed by atoms with Crippen LogP contribution in [-0.4, -0.2) is 11.2 Å². The second-order valence-corrected chi connectivity index (χ2v) is 4.83. The molecule has 0 aliphatic heterocycles. The summed E-state index contributed by atoms with van der Waals surface area (Å²) in [7, 11) is 0. The topological polar surface area (TPSA) is 53.2 Å². The summed E-state index contributed by atoms with van der Waals surface area (Å²) >= 11 is 0. The van der Waals surface area contributed by atoms with Crippen LogP contribution < -0.4 is 4.74 Å². The number of benzene rings is 1. The molecular weight excluding hydrogens is 226 g/mol. The molecule has 0 amide bonds. The van der Waals surface area contributed by atoms with Gasteiger partial charge >= 0.3 is 0 Å². The van der Waals surface area contributed by atoms with Crippen molar-refractivity contribution in [3.05, 3.63) is 29.8 Å². The number of aliphatic hydroxyl groups is 1. The van der Waals surface area contributed by atoms with Gasteiger partial charge in [-0.15, -0.1) is 0 Å². The lowest BCUT2D eigenvalue weighted by Crippen LogP contribution is -2.24. The first kappa shape index (κ1) is 12.9. The van der Waals surface area contributed by atoms with Crippen LogP contribution in [0.15, 0.2) is 24.3 Å². The Labute approximate surface area is 108 Å². The van der Waals surface area contributed by atoms with Gasteiger partial charge in [-0.1, -0.05) is 25.0 Å². The van der Waals surface area contributed by atoms with Crippen LogP contribution in [0, 0.1) is 17.2 Å².